The van der Waals surface area contributed by atoms with Crippen molar-refractivity contribution in [2.45, 2.75) is 132 Å². The van der Waals surface area contributed by atoms with Crippen molar-refractivity contribution in [3.8, 4) is 11.5 Å². The first-order valence-electron chi connectivity index (χ1n) is 14.1. The molecule has 0 saturated heterocycles. The van der Waals surface area contributed by atoms with Gasteiger partial charge in [-0.25, -0.2) is 0 Å². The first-order chi connectivity index (χ1) is 16.5. The summed E-state index contributed by atoms with van der Waals surface area (Å²) in [6, 6.07) is 0. The molecule has 0 spiro atoms. The average Bonchev–Trinajstić information content (AvgIpc) is 2.79. The van der Waals surface area contributed by atoms with Crippen LogP contribution in [0.2, 0.25) is 0 Å². The molecular weight excluding hydrogens is 500 g/mol. The van der Waals surface area contributed by atoms with Gasteiger partial charge >= 0.3 is 5.97 Å². The van der Waals surface area contributed by atoms with E-state index in [0.29, 0.717) is 5.75 Å². The summed E-state index contributed by atoms with van der Waals surface area (Å²) in [5.41, 5.74) is 4.25. The summed E-state index contributed by atoms with van der Waals surface area (Å²) in [5, 5.41) is 0.201. The highest BCUT2D eigenvalue weighted by atomic mass is 79.9. The fraction of sp³-hybridized carbons (Fsp3) is 0.774. The van der Waals surface area contributed by atoms with E-state index in [1.54, 1.807) is 0 Å². The Kier molecular flexibility index (Phi) is 12.1. The molecule has 3 atom stereocenters. The van der Waals surface area contributed by atoms with Crippen LogP contribution in [-0.2, 0) is 11.2 Å². The van der Waals surface area contributed by atoms with Gasteiger partial charge in [-0.3, -0.25) is 4.79 Å². The molecule has 1 aliphatic rings. The summed E-state index contributed by atoms with van der Waals surface area (Å²) >= 11 is 3.20. The molecule has 1 heterocycles. The molecule has 0 amide bonds. The van der Waals surface area contributed by atoms with Crippen LogP contribution >= 0.6 is 15.9 Å². The number of esters is 1. The van der Waals surface area contributed by atoms with E-state index in [1.807, 2.05) is 6.92 Å². The second kappa shape index (κ2) is 14.1. The van der Waals surface area contributed by atoms with Gasteiger partial charge in [-0.1, -0.05) is 88.6 Å². The lowest BCUT2D eigenvalue weighted by Gasteiger charge is -2.38. The Balaban J connectivity index is 1.84. The standard InChI is InChI=1S/C31H51BrO3/c1-21(2)12-9-13-22(3)14-10-15-23(4)16-11-18-31(8)19-17-27-26(7)29(34-28(33)20-32)24(5)25(6)30(27)35-31/h21-23H,9-20H2,1-8H3. The molecular formula is C31H51BrO3. The van der Waals surface area contributed by atoms with Crippen molar-refractivity contribution in [1.29, 1.82) is 0 Å². The molecule has 0 radical (unpaired) electrons. The molecule has 3 unspecified atom stereocenters. The zero-order valence-corrected chi connectivity index (χ0v) is 25.4. The van der Waals surface area contributed by atoms with Gasteiger partial charge in [-0.05, 0) is 87.8 Å². The number of fused-ring (bicyclic) bond motifs is 1. The van der Waals surface area contributed by atoms with E-state index in [2.05, 4.69) is 64.4 Å². The number of benzene rings is 1. The SMILES string of the molecule is Cc1c(C)c2c(c(C)c1OC(=O)CBr)CCC(C)(CCCC(C)CCCC(C)CCCC(C)C)O2. The van der Waals surface area contributed by atoms with Crippen LogP contribution in [0, 0.1) is 38.5 Å². The minimum atomic E-state index is -0.258. The second-order valence-electron chi connectivity index (χ2n) is 12.0. The molecule has 35 heavy (non-hydrogen) atoms. The van der Waals surface area contributed by atoms with Crippen LogP contribution in [0.25, 0.3) is 0 Å². The van der Waals surface area contributed by atoms with Gasteiger partial charge in [0.25, 0.3) is 0 Å². The molecule has 1 aliphatic heterocycles. The molecule has 2 rings (SSSR count). The minimum absolute atomic E-state index is 0.116. The summed E-state index contributed by atoms with van der Waals surface area (Å²) in [4.78, 5) is 11.9. The van der Waals surface area contributed by atoms with E-state index in [9.17, 15) is 4.79 Å². The summed E-state index contributed by atoms with van der Waals surface area (Å²) < 4.78 is 12.3. The van der Waals surface area contributed by atoms with Crippen LogP contribution in [0.4, 0.5) is 0 Å². The van der Waals surface area contributed by atoms with Gasteiger partial charge in [0, 0.05) is 5.56 Å². The zero-order valence-electron chi connectivity index (χ0n) is 23.8. The Labute approximate surface area is 224 Å². The maximum absolute atomic E-state index is 11.9. The van der Waals surface area contributed by atoms with E-state index in [1.165, 1.54) is 56.9 Å². The third-order valence-corrected chi connectivity index (χ3v) is 8.62. The van der Waals surface area contributed by atoms with Crippen molar-refractivity contribution < 1.29 is 14.3 Å². The van der Waals surface area contributed by atoms with E-state index < -0.39 is 0 Å². The number of halogens is 1. The summed E-state index contributed by atoms with van der Waals surface area (Å²) in [6.07, 6.45) is 13.8. The zero-order chi connectivity index (χ0) is 26.2. The number of rotatable bonds is 14. The number of carbonyl (C=O) groups is 1. The van der Waals surface area contributed by atoms with Crippen molar-refractivity contribution in [1.82, 2.24) is 0 Å². The molecule has 0 N–H and O–H groups in total. The smallest absolute Gasteiger partial charge is 0.321 e. The largest absolute Gasteiger partial charge is 0.487 e. The Hall–Kier alpha value is -1.03. The van der Waals surface area contributed by atoms with Crippen LogP contribution < -0.4 is 9.47 Å². The average molecular weight is 552 g/mol. The van der Waals surface area contributed by atoms with Gasteiger partial charge in [0.05, 0.1) is 0 Å². The van der Waals surface area contributed by atoms with Crippen molar-refractivity contribution >= 4 is 21.9 Å². The highest BCUT2D eigenvalue weighted by molar-refractivity contribution is 9.09. The topological polar surface area (TPSA) is 35.5 Å². The van der Waals surface area contributed by atoms with Gasteiger partial charge in [-0.15, -0.1) is 0 Å². The van der Waals surface area contributed by atoms with Gasteiger partial charge in [0.2, 0.25) is 0 Å². The van der Waals surface area contributed by atoms with Crippen molar-refractivity contribution in [2.75, 3.05) is 5.33 Å². The molecule has 4 heteroatoms. The quantitative estimate of drug-likeness (QED) is 0.131. The number of ether oxygens (including phenoxy) is 2. The van der Waals surface area contributed by atoms with E-state index >= 15 is 0 Å². The lowest BCUT2D eigenvalue weighted by atomic mass is 9.83. The number of alkyl halides is 1. The van der Waals surface area contributed by atoms with E-state index in [-0.39, 0.29) is 16.9 Å². The van der Waals surface area contributed by atoms with Gasteiger partial charge in [-0.2, -0.15) is 0 Å². The summed E-state index contributed by atoms with van der Waals surface area (Å²) in [6.45, 7) is 18.0. The molecule has 200 valence electrons. The Morgan fingerprint density at radius 2 is 1.49 bits per heavy atom. The fourth-order valence-electron chi connectivity index (χ4n) is 5.55. The maximum Gasteiger partial charge on any atom is 0.321 e. The van der Waals surface area contributed by atoms with Crippen LogP contribution in [0.15, 0.2) is 0 Å². The third kappa shape index (κ3) is 9.09. The Bertz CT molecular complexity index is 831. The lowest BCUT2D eigenvalue weighted by molar-refractivity contribution is -0.131. The van der Waals surface area contributed by atoms with E-state index in [4.69, 9.17) is 9.47 Å². The van der Waals surface area contributed by atoms with Gasteiger partial charge < -0.3 is 9.47 Å². The Morgan fingerprint density at radius 1 is 0.914 bits per heavy atom. The van der Waals surface area contributed by atoms with Gasteiger partial charge in [0.15, 0.2) is 0 Å². The molecule has 1 aromatic rings. The monoisotopic (exact) mass is 550 g/mol. The van der Waals surface area contributed by atoms with Crippen molar-refractivity contribution in [2.24, 2.45) is 17.8 Å². The third-order valence-electron chi connectivity index (χ3n) is 8.16. The van der Waals surface area contributed by atoms with Crippen LogP contribution in [0.1, 0.15) is 121 Å². The fourth-order valence-corrected chi connectivity index (χ4v) is 5.67. The number of hydrogen-bond donors (Lipinski definition) is 0. The highest BCUT2D eigenvalue weighted by Crippen LogP contribution is 2.45. The van der Waals surface area contributed by atoms with Crippen LogP contribution in [0.5, 0.6) is 11.5 Å². The molecule has 3 nitrogen and oxygen atoms in total. The molecule has 0 aromatic heterocycles. The number of hydrogen-bond acceptors (Lipinski definition) is 3. The number of carbonyl (C=O) groups excluding carboxylic acids is 1. The van der Waals surface area contributed by atoms with Crippen molar-refractivity contribution in [3.63, 3.8) is 0 Å². The lowest BCUT2D eigenvalue weighted by Crippen LogP contribution is -2.37. The minimum Gasteiger partial charge on any atom is -0.487 e. The maximum atomic E-state index is 11.9. The molecule has 0 aliphatic carbocycles. The second-order valence-corrected chi connectivity index (χ2v) is 12.6. The normalized spacial score (nSPS) is 19.3. The van der Waals surface area contributed by atoms with Crippen LogP contribution in [-0.4, -0.2) is 16.9 Å². The first-order valence-corrected chi connectivity index (χ1v) is 15.2. The summed E-state index contributed by atoms with van der Waals surface area (Å²) in [7, 11) is 0. The molecule has 1 aromatic carbocycles. The Morgan fingerprint density at radius 3 is 2.06 bits per heavy atom. The molecule has 0 saturated carbocycles. The van der Waals surface area contributed by atoms with E-state index in [0.717, 1.165) is 59.5 Å². The first kappa shape index (κ1) is 30.2. The summed E-state index contributed by atoms with van der Waals surface area (Å²) in [5.74, 6) is 3.97. The van der Waals surface area contributed by atoms with Gasteiger partial charge in [0.1, 0.15) is 22.4 Å². The predicted octanol–water partition coefficient (Wildman–Crippen LogP) is 9.43. The predicted molar refractivity (Wildman–Crippen MR) is 152 cm³/mol. The highest BCUT2D eigenvalue weighted by Gasteiger charge is 2.34. The van der Waals surface area contributed by atoms with Crippen molar-refractivity contribution in [3.05, 3.63) is 22.3 Å². The van der Waals surface area contributed by atoms with Crippen LogP contribution in [0.3, 0.4) is 0 Å². The molecule has 0 bridgehead atoms. The molecule has 0 fully saturated rings.